The molecule has 1 atom stereocenters. The van der Waals surface area contributed by atoms with Crippen LogP contribution in [0.4, 0.5) is 5.69 Å². The van der Waals surface area contributed by atoms with Gasteiger partial charge in [-0.25, -0.2) is 0 Å². The fourth-order valence-electron chi connectivity index (χ4n) is 1.52. The van der Waals surface area contributed by atoms with E-state index in [0.717, 1.165) is 0 Å². The van der Waals surface area contributed by atoms with Crippen molar-refractivity contribution >= 4 is 41.6 Å². The molecule has 0 bridgehead atoms. The van der Waals surface area contributed by atoms with Gasteiger partial charge >= 0.3 is 5.97 Å². The summed E-state index contributed by atoms with van der Waals surface area (Å²) in [6.45, 7) is 1.46. The summed E-state index contributed by atoms with van der Waals surface area (Å²) in [4.78, 5) is 24.1. The van der Waals surface area contributed by atoms with Crippen molar-refractivity contribution in [2.45, 2.75) is 13.0 Å². The Morgan fingerprint density at radius 3 is 2.62 bits per heavy atom. The van der Waals surface area contributed by atoms with E-state index in [2.05, 4.69) is 5.32 Å². The average molecular weight is 337 g/mol. The number of methoxy groups -OCH3 is 1. The Bertz CT molecular complexity index is 511. The number of nitrogens with zero attached hydrogens (tertiary/aromatic N) is 1. The van der Waals surface area contributed by atoms with Gasteiger partial charge in [-0.2, -0.15) is 0 Å². The Balaban J connectivity index is 0.00000400. The lowest BCUT2D eigenvalue weighted by molar-refractivity contribution is -0.142. The Labute approximate surface area is 134 Å². The molecule has 1 amide bonds. The highest BCUT2D eigenvalue weighted by molar-refractivity contribution is 6.31. The zero-order chi connectivity index (χ0) is 15.3. The number of nitrogens with one attached hydrogen (secondary N) is 1. The molecule has 1 rings (SSSR count). The van der Waals surface area contributed by atoms with Crippen LogP contribution >= 0.6 is 24.0 Å². The lowest BCUT2D eigenvalue weighted by Gasteiger charge is -2.20. The molecule has 0 aliphatic heterocycles. The second-order valence-electron chi connectivity index (χ2n) is 4.32. The van der Waals surface area contributed by atoms with Crippen molar-refractivity contribution in [2.24, 2.45) is 0 Å². The number of likely N-dealkylation sites (N-methyl/N-ethyl adjacent to an activating group) is 1. The van der Waals surface area contributed by atoms with Gasteiger partial charge in [-0.1, -0.05) is 11.6 Å². The number of rotatable bonds is 6. The monoisotopic (exact) mass is 336 g/mol. The lowest BCUT2D eigenvalue weighted by Crippen LogP contribution is -2.40. The SMILES string of the molecule is COc1ccc(Cl)cc1NC(=O)CN(C)C(C)C(=O)O.Cl. The van der Waals surface area contributed by atoms with E-state index in [1.54, 1.807) is 25.2 Å². The molecule has 0 aromatic heterocycles. The summed E-state index contributed by atoms with van der Waals surface area (Å²) in [5, 5.41) is 12.0. The molecule has 118 valence electrons. The molecule has 0 spiro atoms. The number of aliphatic carboxylic acids is 1. The highest BCUT2D eigenvalue weighted by Crippen LogP contribution is 2.27. The molecule has 0 saturated heterocycles. The van der Waals surface area contributed by atoms with Crippen molar-refractivity contribution in [3.05, 3.63) is 23.2 Å². The summed E-state index contributed by atoms with van der Waals surface area (Å²) in [5.74, 6) is -0.849. The number of amides is 1. The third-order valence-corrected chi connectivity index (χ3v) is 3.08. The number of ether oxygens (including phenoxy) is 1. The van der Waals surface area contributed by atoms with E-state index in [0.29, 0.717) is 16.5 Å². The molecule has 0 heterocycles. The summed E-state index contributed by atoms with van der Waals surface area (Å²) >= 11 is 5.86. The summed E-state index contributed by atoms with van der Waals surface area (Å²) in [6.07, 6.45) is 0. The van der Waals surface area contributed by atoms with Crippen LogP contribution in [0.1, 0.15) is 6.92 Å². The third kappa shape index (κ3) is 5.79. The average Bonchev–Trinajstić information content (AvgIpc) is 2.37. The molecule has 6 nitrogen and oxygen atoms in total. The molecule has 0 radical (unpaired) electrons. The molecule has 8 heteroatoms. The molecule has 21 heavy (non-hydrogen) atoms. The maximum Gasteiger partial charge on any atom is 0.320 e. The molecule has 0 aliphatic carbocycles. The molecule has 1 unspecified atom stereocenters. The van der Waals surface area contributed by atoms with E-state index in [4.69, 9.17) is 21.4 Å². The number of carboxylic acids is 1. The van der Waals surface area contributed by atoms with Gasteiger partial charge in [-0.15, -0.1) is 12.4 Å². The van der Waals surface area contributed by atoms with Crippen molar-refractivity contribution in [1.29, 1.82) is 0 Å². The Hall–Kier alpha value is -1.50. The number of hydrogen-bond acceptors (Lipinski definition) is 4. The fraction of sp³-hybridized carbons (Fsp3) is 0.385. The van der Waals surface area contributed by atoms with Gasteiger partial charge in [0.1, 0.15) is 11.8 Å². The Morgan fingerprint density at radius 1 is 1.48 bits per heavy atom. The predicted molar refractivity (Wildman–Crippen MR) is 83.6 cm³/mol. The van der Waals surface area contributed by atoms with Crippen LogP contribution in [0.2, 0.25) is 5.02 Å². The molecular weight excluding hydrogens is 319 g/mol. The third-order valence-electron chi connectivity index (χ3n) is 2.85. The molecule has 0 aliphatic rings. The Morgan fingerprint density at radius 2 is 2.10 bits per heavy atom. The van der Waals surface area contributed by atoms with Gasteiger partial charge < -0.3 is 15.2 Å². The van der Waals surface area contributed by atoms with Gasteiger partial charge in [-0.3, -0.25) is 14.5 Å². The van der Waals surface area contributed by atoms with E-state index in [1.807, 2.05) is 0 Å². The van der Waals surface area contributed by atoms with Gasteiger partial charge in [0.2, 0.25) is 5.91 Å². The van der Waals surface area contributed by atoms with Gasteiger partial charge in [-0.05, 0) is 32.2 Å². The van der Waals surface area contributed by atoms with E-state index >= 15 is 0 Å². The Kier molecular flexibility index (Phi) is 8.09. The first kappa shape index (κ1) is 19.5. The van der Waals surface area contributed by atoms with Crippen LogP contribution in [0.5, 0.6) is 5.75 Å². The number of carboxylic acid groups (broad SMARTS) is 1. The minimum absolute atomic E-state index is 0. The van der Waals surface area contributed by atoms with E-state index in [9.17, 15) is 9.59 Å². The lowest BCUT2D eigenvalue weighted by atomic mass is 10.2. The van der Waals surface area contributed by atoms with Crippen LogP contribution in [-0.2, 0) is 9.59 Å². The second kappa shape index (κ2) is 8.71. The molecule has 2 N–H and O–H groups in total. The van der Waals surface area contributed by atoms with Gasteiger partial charge in [0.15, 0.2) is 0 Å². The first-order valence-electron chi connectivity index (χ1n) is 5.91. The highest BCUT2D eigenvalue weighted by atomic mass is 35.5. The summed E-state index contributed by atoms with van der Waals surface area (Å²) in [7, 11) is 3.05. The molecule has 1 aromatic carbocycles. The van der Waals surface area contributed by atoms with Crippen LogP contribution in [0.3, 0.4) is 0 Å². The maximum absolute atomic E-state index is 11.9. The van der Waals surface area contributed by atoms with Crippen LogP contribution in [0.25, 0.3) is 0 Å². The second-order valence-corrected chi connectivity index (χ2v) is 4.76. The molecular formula is C13H18Cl2N2O4. The normalized spacial score (nSPS) is 11.5. The molecule has 0 fully saturated rings. The highest BCUT2D eigenvalue weighted by Gasteiger charge is 2.19. The smallest absolute Gasteiger partial charge is 0.320 e. The minimum Gasteiger partial charge on any atom is -0.495 e. The van der Waals surface area contributed by atoms with E-state index in [-0.39, 0.29) is 24.9 Å². The summed E-state index contributed by atoms with van der Waals surface area (Å²) in [5.41, 5.74) is 0.446. The zero-order valence-corrected chi connectivity index (χ0v) is 13.5. The fourth-order valence-corrected chi connectivity index (χ4v) is 1.69. The van der Waals surface area contributed by atoms with Crippen LogP contribution in [0.15, 0.2) is 18.2 Å². The standard InChI is InChI=1S/C13H17ClN2O4.ClH/c1-8(13(18)19)16(2)7-12(17)15-10-6-9(14)4-5-11(10)20-3;/h4-6,8H,7H2,1-3H3,(H,15,17)(H,18,19);1H. The first-order chi connectivity index (χ1) is 9.35. The van der Waals surface area contributed by atoms with Crippen molar-refractivity contribution < 1.29 is 19.4 Å². The minimum atomic E-state index is -0.986. The number of benzene rings is 1. The quantitative estimate of drug-likeness (QED) is 0.831. The van der Waals surface area contributed by atoms with Crippen LogP contribution in [0, 0.1) is 0 Å². The number of hydrogen-bond donors (Lipinski definition) is 2. The summed E-state index contributed by atoms with van der Waals surface area (Å²) in [6, 6.07) is 4.11. The van der Waals surface area contributed by atoms with Crippen LogP contribution < -0.4 is 10.1 Å². The maximum atomic E-state index is 11.9. The van der Waals surface area contributed by atoms with Crippen molar-refractivity contribution in [3.8, 4) is 5.75 Å². The van der Waals surface area contributed by atoms with E-state index < -0.39 is 12.0 Å². The number of carbonyl (C=O) groups excluding carboxylic acids is 1. The number of halogens is 2. The molecule has 0 saturated carbocycles. The zero-order valence-electron chi connectivity index (χ0n) is 11.9. The topological polar surface area (TPSA) is 78.9 Å². The summed E-state index contributed by atoms with van der Waals surface area (Å²) < 4.78 is 5.11. The van der Waals surface area contributed by atoms with E-state index in [1.165, 1.54) is 18.9 Å². The van der Waals surface area contributed by atoms with Gasteiger partial charge in [0.05, 0.1) is 19.3 Å². The first-order valence-corrected chi connectivity index (χ1v) is 6.29. The molecule has 1 aromatic rings. The predicted octanol–water partition coefficient (Wildman–Crippen LogP) is 2.11. The number of anilines is 1. The van der Waals surface area contributed by atoms with Gasteiger partial charge in [0.25, 0.3) is 0 Å². The van der Waals surface area contributed by atoms with Gasteiger partial charge in [0, 0.05) is 5.02 Å². The largest absolute Gasteiger partial charge is 0.495 e. The van der Waals surface area contributed by atoms with Crippen molar-refractivity contribution in [3.63, 3.8) is 0 Å². The number of carbonyl (C=O) groups is 2. The van der Waals surface area contributed by atoms with Crippen LogP contribution in [-0.4, -0.2) is 48.6 Å². The van der Waals surface area contributed by atoms with Crippen molar-refractivity contribution in [1.82, 2.24) is 4.90 Å². The van der Waals surface area contributed by atoms with Crippen molar-refractivity contribution in [2.75, 3.05) is 26.0 Å².